The molecule has 0 saturated heterocycles. The van der Waals surface area contributed by atoms with Gasteiger partial charge in [-0.1, -0.05) is 54.2 Å². The van der Waals surface area contributed by atoms with Gasteiger partial charge in [0.1, 0.15) is 6.61 Å². The minimum atomic E-state index is 0.235. The molecule has 0 aromatic heterocycles. The van der Waals surface area contributed by atoms with Gasteiger partial charge in [-0.15, -0.1) is 0 Å². The van der Waals surface area contributed by atoms with Gasteiger partial charge in [-0.05, 0) is 36.7 Å². The minimum Gasteiger partial charge on any atom is -0.493 e. The van der Waals surface area contributed by atoms with Gasteiger partial charge < -0.3 is 14.8 Å². The molecule has 0 aliphatic heterocycles. The lowest BCUT2D eigenvalue weighted by Gasteiger charge is -2.15. The molecule has 0 atom stereocenters. The Bertz CT molecular complexity index is 687. The van der Waals surface area contributed by atoms with E-state index in [2.05, 4.69) is 12.2 Å². The molecule has 6 heteroatoms. The summed E-state index contributed by atoms with van der Waals surface area (Å²) in [5.41, 5.74) is 1.70. The molecule has 2 aromatic carbocycles. The van der Waals surface area contributed by atoms with Gasteiger partial charge in [0.05, 0.1) is 7.11 Å². The second-order valence-electron chi connectivity index (χ2n) is 5.61. The third-order valence-corrected chi connectivity index (χ3v) is 4.85. The standard InChI is InChI=1S/C19H22Cl3NO2/c1-3-4-8-23-11-13-9-18(24-2)19(10-17(13)22)25-12-14-15(20)6-5-7-16(14)21/h5-7,9-10,23H,3-4,8,11-12H2,1-2H3. The van der Waals surface area contributed by atoms with Gasteiger partial charge in [-0.2, -0.15) is 0 Å². The van der Waals surface area contributed by atoms with Gasteiger partial charge in [-0.3, -0.25) is 0 Å². The molecule has 25 heavy (non-hydrogen) atoms. The molecule has 0 radical (unpaired) electrons. The van der Waals surface area contributed by atoms with Gasteiger partial charge in [-0.25, -0.2) is 0 Å². The van der Waals surface area contributed by atoms with E-state index >= 15 is 0 Å². The van der Waals surface area contributed by atoms with E-state index in [1.54, 1.807) is 31.4 Å². The Morgan fingerprint density at radius 3 is 2.36 bits per heavy atom. The van der Waals surface area contributed by atoms with Crippen LogP contribution >= 0.6 is 34.8 Å². The van der Waals surface area contributed by atoms with Crippen molar-refractivity contribution in [3.8, 4) is 11.5 Å². The summed E-state index contributed by atoms with van der Waals surface area (Å²) < 4.78 is 11.3. The van der Waals surface area contributed by atoms with Crippen LogP contribution in [0.2, 0.25) is 15.1 Å². The minimum absolute atomic E-state index is 0.235. The number of nitrogens with one attached hydrogen (secondary N) is 1. The van der Waals surface area contributed by atoms with Crippen molar-refractivity contribution in [1.29, 1.82) is 0 Å². The Morgan fingerprint density at radius 1 is 1.00 bits per heavy atom. The van der Waals surface area contributed by atoms with Gasteiger partial charge in [0.15, 0.2) is 11.5 Å². The SMILES string of the molecule is CCCCNCc1cc(OC)c(OCc2c(Cl)cccc2Cl)cc1Cl. The number of halogens is 3. The van der Waals surface area contributed by atoms with Crippen molar-refractivity contribution in [1.82, 2.24) is 5.32 Å². The molecule has 136 valence electrons. The smallest absolute Gasteiger partial charge is 0.163 e. The van der Waals surface area contributed by atoms with E-state index in [9.17, 15) is 0 Å². The molecule has 0 heterocycles. The molecule has 0 unspecified atom stereocenters. The van der Waals surface area contributed by atoms with Crippen LogP contribution in [0.4, 0.5) is 0 Å². The van der Waals surface area contributed by atoms with Crippen molar-refractivity contribution < 1.29 is 9.47 Å². The molecule has 0 aliphatic rings. The summed E-state index contributed by atoms with van der Waals surface area (Å²) >= 11 is 18.7. The van der Waals surface area contributed by atoms with Gasteiger partial charge in [0, 0.05) is 33.2 Å². The zero-order chi connectivity index (χ0) is 18.2. The van der Waals surface area contributed by atoms with Crippen LogP contribution in [0.25, 0.3) is 0 Å². The Hall–Kier alpha value is -1.13. The van der Waals surface area contributed by atoms with Crippen LogP contribution in [0, 0.1) is 0 Å². The molecule has 1 N–H and O–H groups in total. The molecule has 0 spiro atoms. The predicted octanol–water partition coefficient (Wildman–Crippen LogP) is 6.12. The largest absolute Gasteiger partial charge is 0.493 e. The highest BCUT2D eigenvalue weighted by atomic mass is 35.5. The molecular weight excluding hydrogens is 381 g/mol. The Labute approximate surface area is 164 Å². The third kappa shape index (κ3) is 5.68. The van der Waals surface area contributed by atoms with E-state index < -0.39 is 0 Å². The molecule has 0 fully saturated rings. The molecule has 0 amide bonds. The second-order valence-corrected chi connectivity index (χ2v) is 6.84. The predicted molar refractivity (Wildman–Crippen MR) is 105 cm³/mol. The molecule has 3 nitrogen and oxygen atoms in total. The van der Waals surface area contributed by atoms with Crippen LogP contribution in [0.3, 0.4) is 0 Å². The highest BCUT2D eigenvalue weighted by molar-refractivity contribution is 6.36. The first-order chi connectivity index (χ1) is 12.1. The lowest BCUT2D eigenvalue weighted by Crippen LogP contribution is -2.14. The fraction of sp³-hybridized carbons (Fsp3) is 0.368. The Kier molecular flexibility index (Phi) is 8.17. The Morgan fingerprint density at radius 2 is 1.72 bits per heavy atom. The highest BCUT2D eigenvalue weighted by Crippen LogP contribution is 2.35. The highest BCUT2D eigenvalue weighted by Gasteiger charge is 2.13. The van der Waals surface area contributed by atoms with Crippen molar-refractivity contribution >= 4 is 34.8 Å². The van der Waals surface area contributed by atoms with Crippen molar-refractivity contribution in [2.24, 2.45) is 0 Å². The number of rotatable bonds is 9. The van der Waals surface area contributed by atoms with Crippen LogP contribution < -0.4 is 14.8 Å². The topological polar surface area (TPSA) is 30.5 Å². The van der Waals surface area contributed by atoms with Crippen molar-refractivity contribution in [3.05, 3.63) is 56.5 Å². The number of unbranched alkanes of at least 4 members (excludes halogenated alkanes) is 1. The summed E-state index contributed by atoms with van der Waals surface area (Å²) in [5.74, 6) is 1.18. The summed E-state index contributed by atoms with van der Waals surface area (Å²) in [6.45, 7) is 4.04. The van der Waals surface area contributed by atoms with Gasteiger partial charge in [0.25, 0.3) is 0 Å². The molecule has 2 aromatic rings. The summed E-state index contributed by atoms with van der Waals surface area (Å²) in [5, 5.41) is 5.13. The second kappa shape index (κ2) is 10.1. The quantitative estimate of drug-likeness (QED) is 0.512. The summed E-state index contributed by atoms with van der Waals surface area (Å²) in [7, 11) is 1.60. The first-order valence-electron chi connectivity index (χ1n) is 8.19. The van der Waals surface area contributed by atoms with E-state index in [-0.39, 0.29) is 6.61 Å². The summed E-state index contributed by atoms with van der Waals surface area (Å²) in [6, 6.07) is 9.02. The van der Waals surface area contributed by atoms with Crippen LogP contribution in [0.15, 0.2) is 30.3 Å². The lowest BCUT2D eigenvalue weighted by atomic mass is 10.2. The number of methoxy groups -OCH3 is 1. The van der Waals surface area contributed by atoms with Crippen molar-refractivity contribution in [2.75, 3.05) is 13.7 Å². The molecule has 0 aliphatic carbocycles. The zero-order valence-corrected chi connectivity index (χ0v) is 16.6. The van der Waals surface area contributed by atoms with Crippen LogP contribution in [0.1, 0.15) is 30.9 Å². The molecule has 0 saturated carbocycles. The monoisotopic (exact) mass is 401 g/mol. The van der Waals surface area contributed by atoms with Crippen LogP contribution in [0.5, 0.6) is 11.5 Å². The fourth-order valence-corrected chi connectivity index (χ4v) is 3.06. The third-order valence-electron chi connectivity index (χ3n) is 3.79. The maximum atomic E-state index is 6.39. The van der Waals surface area contributed by atoms with E-state index in [4.69, 9.17) is 44.3 Å². The van der Waals surface area contributed by atoms with E-state index in [1.807, 2.05) is 6.07 Å². The van der Waals surface area contributed by atoms with Gasteiger partial charge >= 0.3 is 0 Å². The lowest BCUT2D eigenvalue weighted by molar-refractivity contribution is 0.284. The first-order valence-corrected chi connectivity index (χ1v) is 9.33. The number of hydrogen-bond donors (Lipinski definition) is 1. The number of hydrogen-bond acceptors (Lipinski definition) is 3. The molecule has 0 bridgehead atoms. The van der Waals surface area contributed by atoms with E-state index in [1.165, 1.54) is 0 Å². The normalized spacial score (nSPS) is 10.8. The number of ether oxygens (including phenoxy) is 2. The van der Waals surface area contributed by atoms with Crippen LogP contribution in [-0.2, 0) is 13.2 Å². The van der Waals surface area contributed by atoms with Crippen LogP contribution in [-0.4, -0.2) is 13.7 Å². The van der Waals surface area contributed by atoms with E-state index in [0.717, 1.165) is 30.5 Å². The maximum absolute atomic E-state index is 6.39. The average molecular weight is 403 g/mol. The van der Waals surface area contributed by atoms with Crippen molar-refractivity contribution in [3.63, 3.8) is 0 Å². The Balaban J connectivity index is 2.11. The maximum Gasteiger partial charge on any atom is 0.163 e. The summed E-state index contributed by atoms with van der Waals surface area (Å²) in [6.07, 6.45) is 2.29. The fourth-order valence-electron chi connectivity index (χ4n) is 2.33. The van der Waals surface area contributed by atoms with E-state index in [0.29, 0.717) is 33.1 Å². The van der Waals surface area contributed by atoms with Crippen molar-refractivity contribution in [2.45, 2.75) is 32.9 Å². The first kappa shape index (κ1) is 20.2. The molecular formula is C19H22Cl3NO2. The molecule has 2 rings (SSSR count). The average Bonchev–Trinajstić information content (AvgIpc) is 2.59. The number of benzene rings is 2. The zero-order valence-electron chi connectivity index (χ0n) is 14.4. The van der Waals surface area contributed by atoms with Gasteiger partial charge in [0.2, 0.25) is 0 Å². The summed E-state index contributed by atoms with van der Waals surface area (Å²) in [4.78, 5) is 0.